The fraction of sp³-hybridized carbons (Fsp3) is 0.571. The van der Waals surface area contributed by atoms with Crippen LogP contribution in [0.5, 0.6) is 0 Å². The third-order valence-corrected chi connectivity index (χ3v) is 3.59. The Balaban J connectivity index is 2.07. The molecule has 0 aliphatic carbocycles. The Morgan fingerprint density at radius 3 is 2.74 bits per heavy atom. The van der Waals surface area contributed by atoms with Crippen LogP contribution in [-0.2, 0) is 26.6 Å². The molecule has 0 bridgehead atoms. The summed E-state index contributed by atoms with van der Waals surface area (Å²) >= 11 is 0. The second-order valence-corrected chi connectivity index (χ2v) is 4.85. The SMILES string of the molecule is CCNCc1c(C)nn(CCc2ccnn2C)c1C. The average molecular weight is 261 g/mol. The van der Waals surface area contributed by atoms with Gasteiger partial charge in [0.05, 0.1) is 5.69 Å². The Bertz CT molecular complexity index is 538. The maximum absolute atomic E-state index is 4.64. The zero-order valence-corrected chi connectivity index (χ0v) is 12.3. The van der Waals surface area contributed by atoms with Crippen LogP contribution >= 0.6 is 0 Å². The van der Waals surface area contributed by atoms with Crippen molar-refractivity contribution < 1.29 is 0 Å². The lowest BCUT2D eigenvalue weighted by Gasteiger charge is -2.06. The highest BCUT2D eigenvalue weighted by Gasteiger charge is 2.11. The molecule has 0 radical (unpaired) electrons. The van der Waals surface area contributed by atoms with Gasteiger partial charge in [-0.05, 0) is 26.5 Å². The molecule has 2 rings (SSSR count). The van der Waals surface area contributed by atoms with E-state index >= 15 is 0 Å². The molecule has 5 nitrogen and oxygen atoms in total. The maximum Gasteiger partial charge on any atom is 0.0641 e. The van der Waals surface area contributed by atoms with Gasteiger partial charge in [-0.2, -0.15) is 10.2 Å². The van der Waals surface area contributed by atoms with Gasteiger partial charge < -0.3 is 5.32 Å². The van der Waals surface area contributed by atoms with Gasteiger partial charge in [0.1, 0.15) is 0 Å². The van der Waals surface area contributed by atoms with Crippen LogP contribution in [0.4, 0.5) is 0 Å². The van der Waals surface area contributed by atoms with E-state index in [1.54, 1.807) is 0 Å². The number of aromatic nitrogens is 4. The van der Waals surface area contributed by atoms with E-state index in [9.17, 15) is 0 Å². The minimum absolute atomic E-state index is 0.901. The second kappa shape index (κ2) is 6.02. The Morgan fingerprint density at radius 1 is 1.32 bits per heavy atom. The molecule has 2 heterocycles. The smallest absolute Gasteiger partial charge is 0.0641 e. The topological polar surface area (TPSA) is 47.7 Å². The second-order valence-electron chi connectivity index (χ2n) is 4.85. The molecule has 0 amide bonds. The van der Waals surface area contributed by atoms with E-state index in [0.29, 0.717) is 0 Å². The molecule has 0 saturated carbocycles. The van der Waals surface area contributed by atoms with E-state index in [1.165, 1.54) is 17.0 Å². The monoisotopic (exact) mass is 261 g/mol. The minimum Gasteiger partial charge on any atom is -0.313 e. The van der Waals surface area contributed by atoms with Crippen LogP contribution in [0.25, 0.3) is 0 Å². The molecular weight excluding hydrogens is 238 g/mol. The molecule has 19 heavy (non-hydrogen) atoms. The quantitative estimate of drug-likeness (QED) is 0.859. The van der Waals surface area contributed by atoms with Gasteiger partial charge in [0.25, 0.3) is 0 Å². The largest absolute Gasteiger partial charge is 0.313 e. The van der Waals surface area contributed by atoms with Gasteiger partial charge in [0.2, 0.25) is 0 Å². The molecule has 0 saturated heterocycles. The van der Waals surface area contributed by atoms with Crippen LogP contribution in [0, 0.1) is 13.8 Å². The molecular formula is C14H23N5. The fourth-order valence-electron chi connectivity index (χ4n) is 2.32. The standard InChI is InChI=1S/C14H23N5/c1-5-15-10-14-11(2)17-19(12(14)3)9-7-13-6-8-16-18(13)4/h6,8,15H,5,7,9-10H2,1-4H3. The molecule has 0 atom stereocenters. The first-order valence-corrected chi connectivity index (χ1v) is 6.84. The summed E-state index contributed by atoms with van der Waals surface area (Å²) in [6, 6.07) is 2.06. The molecule has 2 aromatic heterocycles. The molecule has 104 valence electrons. The van der Waals surface area contributed by atoms with E-state index in [2.05, 4.69) is 47.0 Å². The average Bonchev–Trinajstić information content (AvgIpc) is 2.90. The number of hydrogen-bond donors (Lipinski definition) is 1. The predicted octanol–water partition coefficient (Wildman–Crippen LogP) is 1.59. The van der Waals surface area contributed by atoms with Gasteiger partial charge in [-0.1, -0.05) is 6.92 Å². The van der Waals surface area contributed by atoms with Crippen LogP contribution in [0.15, 0.2) is 12.3 Å². The Labute approximate surface area is 114 Å². The van der Waals surface area contributed by atoms with Crippen LogP contribution in [0.1, 0.15) is 29.6 Å². The lowest BCUT2D eigenvalue weighted by atomic mass is 10.2. The van der Waals surface area contributed by atoms with Gasteiger partial charge in [-0.15, -0.1) is 0 Å². The van der Waals surface area contributed by atoms with Crippen molar-refractivity contribution in [3.8, 4) is 0 Å². The summed E-state index contributed by atoms with van der Waals surface area (Å²) in [7, 11) is 1.98. The molecule has 2 aromatic rings. The lowest BCUT2D eigenvalue weighted by Crippen LogP contribution is -2.13. The number of aryl methyl sites for hydroxylation is 4. The van der Waals surface area contributed by atoms with Gasteiger partial charge >= 0.3 is 0 Å². The molecule has 1 N–H and O–H groups in total. The summed E-state index contributed by atoms with van der Waals surface area (Å²) in [6.07, 6.45) is 2.80. The number of nitrogens with zero attached hydrogens (tertiary/aromatic N) is 4. The maximum atomic E-state index is 4.64. The highest BCUT2D eigenvalue weighted by molar-refractivity contribution is 5.24. The van der Waals surface area contributed by atoms with Crippen molar-refractivity contribution in [2.24, 2.45) is 7.05 Å². The summed E-state index contributed by atoms with van der Waals surface area (Å²) < 4.78 is 4.03. The molecule has 0 unspecified atom stereocenters. The Kier molecular flexibility index (Phi) is 4.37. The Hall–Kier alpha value is -1.62. The predicted molar refractivity (Wildman–Crippen MR) is 76.0 cm³/mol. The summed E-state index contributed by atoms with van der Waals surface area (Å²) in [4.78, 5) is 0. The van der Waals surface area contributed by atoms with Gasteiger partial charge in [0, 0.05) is 49.7 Å². The summed E-state index contributed by atoms with van der Waals surface area (Å²) in [6.45, 7) is 9.14. The van der Waals surface area contributed by atoms with Gasteiger partial charge in [0.15, 0.2) is 0 Å². The van der Waals surface area contributed by atoms with Crippen molar-refractivity contribution in [2.75, 3.05) is 6.54 Å². The zero-order valence-electron chi connectivity index (χ0n) is 12.3. The third kappa shape index (κ3) is 3.04. The highest BCUT2D eigenvalue weighted by Crippen LogP contribution is 2.13. The number of nitrogens with one attached hydrogen (secondary N) is 1. The van der Waals surface area contributed by atoms with E-state index in [-0.39, 0.29) is 0 Å². The minimum atomic E-state index is 0.901. The third-order valence-electron chi connectivity index (χ3n) is 3.59. The summed E-state index contributed by atoms with van der Waals surface area (Å²) in [5.41, 5.74) is 4.96. The van der Waals surface area contributed by atoms with E-state index < -0.39 is 0 Å². The molecule has 0 aliphatic heterocycles. The molecule has 0 spiro atoms. The normalized spacial score (nSPS) is 11.2. The lowest BCUT2D eigenvalue weighted by molar-refractivity contribution is 0.569. The number of rotatable bonds is 6. The van der Waals surface area contributed by atoms with E-state index in [1.807, 2.05) is 17.9 Å². The highest BCUT2D eigenvalue weighted by atomic mass is 15.3. The van der Waals surface area contributed by atoms with Gasteiger partial charge in [-0.25, -0.2) is 0 Å². The van der Waals surface area contributed by atoms with Crippen LogP contribution in [-0.4, -0.2) is 26.1 Å². The van der Waals surface area contributed by atoms with Gasteiger partial charge in [-0.3, -0.25) is 9.36 Å². The van der Waals surface area contributed by atoms with Crippen molar-refractivity contribution in [2.45, 2.75) is 40.3 Å². The fourth-order valence-corrected chi connectivity index (χ4v) is 2.32. The van der Waals surface area contributed by atoms with Crippen molar-refractivity contribution in [1.82, 2.24) is 24.9 Å². The van der Waals surface area contributed by atoms with Crippen molar-refractivity contribution in [1.29, 1.82) is 0 Å². The molecule has 0 aliphatic rings. The van der Waals surface area contributed by atoms with Crippen molar-refractivity contribution in [3.63, 3.8) is 0 Å². The first-order valence-electron chi connectivity index (χ1n) is 6.84. The number of hydrogen-bond acceptors (Lipinski definition) is 3. The van der Waals surface area contributed by atoms with E-state index in [4.69, 9.17) is 0 Å². The summed E-state index contributed by atoms with van der Waals surface area (Å²) in [5, 5.41) is 12.2. The van der Waals surface area contributed by atoms with Crippen LogP contribution in [0.3, 0.4) is 0 Å². The van der Waals surface area contributed by atoms with Crippen LogP contribution in [0.2, 0.25) is 0 Å². The molecule has 5 heteroatoms. The van der Waals surface area contributed by atoms with Crippen LogP contribution < -0.4 is 5.32 Å². The molecule has 0 aromatic carbocycles. The van der Waals surface area contributed by atoms with E-state index in [0.717, 1.165) is 31.7 Å². The van der Waals surface area contributed by atoms with Crippen molar-refractivity contribution >= 4 is 0 Å². The first kappa shape index (κ1) is 13.8. The van der Waals surface area contributed by atoms with Crippen molar-refractivity contribution in [3.05, 3.63) is 34.9 Å². The molecule has 0 fully saturated rings. The zero-order chi connectivity index (χ0) is 13.8. The first-order chi connectivity index (χ1) is 9.13. The summed E-state index contributed by atoms with van der Waals surface area (Å²) in [5.74, 6) is 0. The Morgan fingerprint density at radius 2 is 2.11 bits per heavy atom.